The molecule has 0 amide bonds. The molecule has 132 valence electrons. The number of halogens is 1. The molecule has 1 aromatic carbocycles. The van der Waals surface area contributed by atoms with Gasteiger partial charge in [0, 0.05) is 50.4 Å². The zero-order chi connectivity index (χ0) is 18.1. The monoisotopic (exact) mass is 369 g/mol. The number of benzene rings is 1. The minimum Gasteiger partial charge on any atom is -0.368 e. The van der Waals surface area contributed by atoms with Gasteiger partial charge in [0.25, 0.3) is 5.56 Å². The van der Waals surface area contributed by atoms with Crippen LogP contribution in [0.5, 0.6) is 0 Å². The number of nitriles is 1. The average molecular weight is 369 g/mol. The summed E-state index contributed by atoms with van der Waals surface area (Å²) in [5, 5.41) is 11.1. The van der Waals surface area contributed by atoms with Gasteiger partial charge < -0.3 is 4.90 Å². The van der Waals surface area contributed by atoms with Crippen LogP contribution < -0.4 is 10.5 Å². The lowest BCUT2D eigenvalue weighted by Gasteiger charge is -2.36. The van der Waals surface area contributed by atoms with Crippen LogP contribution in [-0.2, 0) is 6.54 Å². The number of piperazine rings is 1. The van der Waals surface area contributed by atoms with Crippen LogP contribution in [0.25, 0.3) is 4.96 Å². The van der Waals surface area contributed by atoms with Gasteiger partial charge in [0.1, 0.15) is 17.4 Å². The van der Waals surface area contributed by atoms with Crippen molar-refractivity contribution in [3.05, 3.63) is 63.3 Å². The second kappa shape index (κ2) is 6.86. The maximum Gasteiger partial charge on any atom is 0.258 e. The van der Waals surface area contributed by atoms with Gasteiger partial charge in [-0.25, -0.2) is 9.37 Å². The van der Waals surface area contributed by atoms with E-state index < -0.39 is 5.82 Å². The zero-order valence-electron chi connectivity index (χ0n) is 13.9. The highest BCUT2D eigenvalue weighted by Crippen LogP contribution is 2.24. The minimum absolute atomic E-state index is 0.0664. The number of aromatic nitrogens is 2. The number of fused-ring (bicyclic) bond motifs is 1. The second-order valence-electron chi connectivity index (χ2n) is 6.15. The first kappa shape index (κ1) is 16.7. The fraction of sp³-hybridized carbons (Fsp3) is 0.278. The van der Waals surface area contributed by atoms with E-state index in [1.807, 2.05) is 16.3 Å². The zero-order valence-corrected chi connectivity index (χ0v) is 14.7. The van der Waals surface area contributed by atoms with Crippen molar-refractivity contribution in [3.8, 4) is 6.07 Å². The van der Waals surface area contributed by atoms with E-state index >= 15 is 0 Å². The smallest absolute Gasteiger partial charge is 0.258 e. The maximum atomic E-state index is 13.8. The molecule has 2 aromatic heterocycles. The van der Waals surface area contributed by atoms with E-state index in [1.165, 1.54) is 17.4 Å². The molecule has 0 unspecified atom stereocenters. The van der Waals surface area contributed by atoms with Gasteiger partial charge in [0.15, 0.2) is 4.96 Å². The number of hydrogen-bond acceptors (Lipinski definition) is 6. The second-order valence-corrected chi connectivity index (χ2v) is 7.02. The van der Waals surface area contributed by atoms with Gasteiger partial charge in [-0.05, 0) is 12.1 Å². The number of nitrogens with zero attached hydrogens (tertiary/aromatic N) is 5. The molecule has 1 aliphatic rings. The Hall–Kier alpha value is -2.76. The van der Waals surface area contributed by atoms with Gasteiger partial charge in [-0.2, -0.15) is 5.26 Å². The van der Waals surface area contributed by atoms with Crippen molar-refractivity contribution in [2.45, 2.75) is 6.54 Å². The molecule has 3 aromatic rings. The molecule has 3 heterocycles. The average Bonchev–Trinajstić information content (AvgIpc) is 3.11. The summed E-state index contributed by atoms with van der Waals surface area (Å²) in [5.41, 5.74) is 1.43. The molecule has 4 rings (SSSR count). The normalized spacial score (nSPS) is 15.3. The van der Waals surface area contributed by atoms with Crippen molar-refractivity contribution in [1.29, 1.82) is 5.26 Å². The Labute approximate surface area is 153 Å². The summed E-state index contributed by atoms with van der Waals surface area (Å²) in [7, 11) is 0. The van der Waals surface area contributed by atoms with Gasteiger partial charge in [0.05, 0.1) is 11.4 Å². The van der Waals surface area contributed by atoms with Crippen LogP contribution in [-0.4, -0.2) is 40.5 Å². The predicted octanol–water partition coefficient (Wildman–Crippen LogP) is 2.09. The molecule has 0 N–H and O–H groups in total. The maximum absolute atomic E-state index is 13.8. The first-order valence-electron chi connectivity index (χ1n) is 8.27. The molecule has 1 saturated heterocycles. The molecule has 26 heavy (non-hydrogen) atoms. The SMILES string of the molecule is N#Cc1c(F)cccc1N1CCN(Cc2cc(=O)n3ccsc3n2)CC1. The van der Waals surface area contributed by atoms with Crippen LogP contribution in [0.15, 0.2) is 40.6 Å². The fourth-order valence-electron chi connectivity index (χ4n) is 3.23. The molecule has 0 bridgehead atoms. The third kappa shape index (κ3) is 3.07. The van der Waals surface area contributed by atoms with Crippen molar-refractivity contribution in [1.82, 2.24) is 14.3 Å². The van der Waals surface area contributed by atoms with E-state index in [2.05, 4.69) is 9.88 Å². The lowest BCUT2D eigenvalue weighted by atomic mass is 10.1. The van der Waals surface area contributed by atoms with Crippen LogP contribution in [0, 0.1) is 17.1 Å². The third-order valence-corrected chi connectivity index (χ3v) is 5.31. The van der Waals surface area contributed by atoms with E-state index in [9.17, 15) is 14.4 Å². The predicted molar refractivity (Wildman–Crippen MR) is 97.9 cm³/mol. The molecule has 0 spiro atoms. The third-order valence-electron chi connectivity index (χ3n) is 4.56. The Balaban J connectivity index is 1.46. The standard InChI is InChI=1S/C18H16FN5OS/c19-15-2-1-3-16(14(15)11-20)23-6-4-22(5-7-23)12-13-10-17(25)24-8-9-26-18(24)21-13/h1-3,8-10H,4-7,12H2. The molecule has 0 radical (unpaired) electrons. The lowest BCUT2D eigenvalue weighted by Crippen LogP contribution is -2.46. The molecule has 6 nitrogen and oxygen atoms in total. The first-order valence-corrected chi connectivity index (χ1v) is 9.15. The van der Waals surface area contributed by atoms with Gasteiger partial charge in [0.2, 0.25) is 0 Å². The summed E-state index contributed by atoms with van der Waals surface area (Å²) in [6.07, 6.45) is 1.73. The summed E-state index contributed by atoms with van der Waals surface area (Å²) < 4.78 is 15.4. The molecular weight excluding hydrogens is 353 g/mol. The van der Waals surface area contributed by atoms with Gasteiger partial charge >= 0.3 is 0 Å². The van der Waals surface area contributed by atoms with Gasteiger partial charge in [-0.1, -0.05) is 6.07 Å². The number of rotatable bonds is 3. The van der Waals surface area contributed by atoms with E-state index in [0.29, 0.717) is 30.3 Å². The van der Waals surface area contributed by atoms with Crippen molar-refractivity contribution >= 4 is 22.0 Å². The highest BCUT2D eigenvalue weighted by atomic mass is 32.1. The van der Waals surface area contributed by atoms with Crippen molar-refractivity contribution in [2.24, 2.45) is 0 Å². The highest BCUT2D eigenvalue weighted by molar-refractivity contribution is 7.15. The molecule has 1 fully saturated rings. The summed E-state index contributed by atoms with van der Waals surface area (Å²) in [6.45, 7) is 3.50. The minimum atomic E-state index is -0.485. The van der Waals surface area contributed by atoms with E-state index in [4.69, 9.17) is 0 Å². The Morgan fingerprint density at radius 3 is 2.85 bits per heavy atom. The Morgan fingerprint density at radius 1 is 1.27 bits per heavy atom. The Morgan fingerprint density at radius 2 is 2.08 bits per heavy atom. The number of anilines is 1. The number of hydrogen-bond donors (Lipinski definition) is 0. The molecule has 1 aliphatic heterocycles. The highest BCUT2D eigenvalue weighted by Gasteiger charge is 2.21. The van der Waals surface area contributed by atoms with E-state index in [0.717, 1.165) is 18.8 Å². The molecular formula is C18H16FN5OS. The van der Waals surface area contributed by atoms with Crippen LogP contribution >= 0.6 is 11.3 Å². The lowest BCUT2D eigenvalue weighted by molar-refractivity contribution is 0.247. The molecule has 8 heteroatoms. The Kier molecular flexibility index (Phi) is 4.41. The molecule has 0 aliphatic carbocycles. The summed E-state index contributed by atoms with van der Waals surface area (Å²) in [5.74, 6) is -0.485. The van der Waals surface area contributed by atoms with Crippen molar-refractivity contribution < 1.29 is 4.39 Å². The van der Waals surface area contributed by atoms with E-state index in [-0.39, 0.29) is 11.1 Å². The summed E-state index contributed by atoms with van der Waals surface area (Å²) in [4.78, 5) is 21.6. The summed E-state index contributed by atoms with van der Waals surface area (Å²) >= 11 is 1.44. The Bertz CT molecular complexity index is 1050. The fourth-order valence-corrected chi connectivity index (χ4v) is 3.97. The number of thiazole rings is 1. The summed E-state index contributed by atoms with van der Waals surface area (Å²) in [6, 6.07) is 8.25. The molecule has 0 saturated carbocycles. The topological polar surface area (TPSA) is 64.6 Å². The molecule has 0 atom stereocenters. The van der Waals surface area contributed by atoms with Crippen molar-refractivity contribution in [2.75, 3.05) is 31.1 Å². The van der Waals surface area contributed by atoms with Crippen molar-refractivity contribution in [3.63, 3.8) is 0 Å². The first-order chi connectivity index (χ1) is 12.7. The largest absolute Gasteiger partial charge is 0.368 e. The van der Waals surface area contributed by atoms with Crippen LogP contribution in [0.3, 0.4) is 0 Å². The van der Waals surface area contributed by atoms with Crippen LogP contribution in [0.4, 0.5) is 10.1 Å². The van der Waals surface area contributed by atoms with Gasteiger partial charge in [-0.3, -0.25) is 14.1 Å². The van der Waals surface area contributed by atoms with Crippen LogP contribution in [0.1, 0.15) is 11.3 Å². The quantitative estimate of drug-likeness (QED) is 0.707. The van der Waals surface area contributed by atoms with E-state index in [1.54, 1.807) is 28.8 Å². The van der Waals surface area contributed by atoms with Gasteiger partial charge in [-0.15, -0.1) is 11.3 Å². The van der Waals surface area contributed by atoms with Crippen LogP contribution in [0.2, 0.25) is 0 Å².